The molecule has 29 heavy (non-hydrogen) atoms. The Balaban J connectivity index is 1.98. The number of nitrogens with zero attached hydrogens (tertiary/aromatic N) is 2. The summed E-state index contributed by atoms with van der Waals surface area (Å²) in [6.45, 7) is 0. The fourth-order valence-electron chi connectivity index (χ4n) is 3.14. The molecule has 0 bridgehead atoms. The quantitative estimate of drug-likeness (QED) is 0.259. The van der Waals surface area contributed by atoms with Crippen LogP contribution >= 0.6 is 0 Å². The first-order chi connectivity index (χ1) is 13.9. The molecule has 0 aliphatic carbocycles. The fourth-order valence-corrected chi connectivity index (χ4v) is 3.14. The van der Waals surface area contributed by atoms with Gasteiger partial charge in [-0.1, -0.05) is 0 Å². The lowest BCUT2D eigenvalue weighted by atomic mass is 10.1. The van der Waals surface area contributed by atoms with Gasteiger partial charge in [-0.05, 0) is 30.4 Å². The number of aryl methyl sites for hydroxylation is 1. The lowest BCUT2D eigenvalue weighted by Crippen LogP contribution is -2.02. The summed E-state index contributed by atoms with van der Waals surface area (Å²) < 4.78 is 17.4. The third-order valence-electron chi connectivity index (χ3n) is 4.58. The summed E-state index contributed by atoms with van der Waals surface area (Å²) in [5, 5.41) is 12.3. The molecule has 0 fully saturated rings. The van der Waals surface area contributed by atoms with Crippen molar-refractivity contribution in [3.05, 3.63) is 63.8 Å². The number of rotatable bonds is 7. The summed E-state index contributed by atoms with van der Waals surface area (Å²) >= 11 is 0. The lowest BCUT2D eigenvalue weighted by molar-refractivity contribution is -0.385. The van der Waals surface area contributed by atoms with E-state index in [1.54, 1.807) is 13.2 Å². The number of ketones is 1. The minimum Gasteiger partial charge on any atom is -0.497 e. The van der Waals surface area contributed by atoms with Gasteiger partial charge in [0.1, 0.15) is 5.75 Å². The van der Waals surface area contributed by atoms with Crippen LogP contribution in [-0.2, 0) is 7.05 Å². The summed E-state index contributed by atoms with van der Waals surface area (Å²) in [7, 11) is 6.17. The van der Waals surface area contributed by atoms with Gasteiger partial charge in [0.2, 0.25) is 5.75 Å². The summed E-state index contributed by atoms with van der Waals surface area (Å²) in [5.74, 6) is 0.444. The van der Waals surface area contributed by atoms with Crippen LogP contribution in [0, 0.1) is 10.1 Å². The zero-order valence-corrected chi connectivity index (χ0v) is 16.5. The van der Waals surface area contributed by atoms with E-state index in [-0.39, 0.29) is 28.5 Å². The van der Waals surface area contributed by atoms with Crippen LogP contribution in [0.3, 0.4) is 0 Å². The number of allylic oxidation sites excluding steroid dienone is 1. The molecule has 0 atom stereocenters. The average molecular weight is 396 g/mol. The summed E-state index contributed by atoms with van der Waals surface area (Å²) in [6, 6.07) is 8.28. The minimum atomic E-state index is -0.611. The Morgan fingerprint density at radius 1 is 1.10 bits per heavy atom. The summed E-state index contributed by atoms with van der Waals surface area (Å²) in [5.41, 5.74) is 1.60. The van der Waals surface area contributed by atoms with Gasteiger partial charge in [0, 0.05) is 41.9 Å². The molecule has 0 radical (unpaired) electrons. The van der Waals surface area contributed by atoms with E-state index in [0.29, 0.717) is 0 Å². The van der Waals surface area contributed by atoms with Crippen molar-refractivity contribution in [1.29, 1.82) is 0 Å². The number of ether oxygens (including phenoxy) is 3. The Bertz CT molecular complexity index is 1130. The zero-order valence-electron chi connectivity index (χ0n) is 16.5. The fraction of sp³-hybridized carbons (Fsp3) is 0.190. The first kappa shape index (κ1) is 19.9. The molecule has 0 saturated heterocycles. The van der Waals surface area contributed by atoms with Crippen LogP contribution < -0.4 is 14.2 Å². The predicted molar refractivity (Wildman–Crippen MR) is 109 cm³/mol. The molecule has 1 aromatic heterocycles. The molecule has 8 heteroatoms. The van der Waals surface area contributed by atoms with Gasteiger partial charge in [-0.2, -0.15) is 0 Å². The first-order valence-corrected chi connectivity index (χ1v) is 8.65. The second-order valence-corrected chi connectivity index (χ2v) is 6.26. The molecule has 0 N–H and O–H groups in total. The molecular formula is C21H20N2O6. The maximum atomic E-state index is 12.7. The van der Waals surface area contributed by atoms with Crippen LogP contribution in [0.1, 0.15) is 15.9 Å². The van der Waals surface area contributed by atoms with E-state index in [0.717, 1.165) is 22.2 Å². The van der Waals surface area contributed by atoms with Crippen molar-refractivity contribution in [3.63, 3.8) is 0 Å². The minimum absolute atomic E-state index is 0.0268. The highest BCUT2D eigenvalue weighted by atomic mass is 16.6. The maximum Gasteiger partial charge on any atom is 0.315 e. The van der Waals surface area contributed by atoms with E-state index in [4.69, 9.17) is 14.2 Å². The van der Waals surface area contributed by atoms with E-state index >= 15 is 0 Å². The first-order valence-electron chi connectivity index (χ1n) is 8.65. The predicted octanol–water partition coefficient (Wildman–Crippen LogP) is 4.01. The molecule has 150 valence electrons. The third-order valence-corrected chi connectivity index (χ3v) is 4.58. The normalized spacial score (nSPS) is 11.0. The van der Waals surface area contributed by atoms with Crippen molar-refractivity contribution >= 4 is 28.4 Å². The van der Waals surface area contributed by atoms with Crippen molar-refractivity contribution in [2.75, 3.05) is 21.3 Å². The molecule has 0 amide bonds. The molecule has 8 nitrogen and oxygen atoms in total. The van der Waals surface area contributed by atoms with Crippen LogP contribution in [0.25, 0.3) is 17.0 Å². The van der Waals surface area contributed by atoms with Crippen molar-refractivity contribution in [3.8, 4) is 17.2 Å². The van der Waals surface area contributed by atoms with Crippen LogP contribution in [0.5, 0.6) is 17.2 Å². The van der Waals surface area contributed by atoms with Crippen LogP contribution in [-0.4, -0.2) is 36.6 Å². The highest BCUT2D eigenvalue weighted by Gasteiger charge is 2.23. The number of nitro benzene ring substituents is 1. The van der Waals surface area contributed by atoms with E-state index in [9.17, 15) is 14.9 Å². The molecule has 0 unspecified atom stereocenters. The van der Waals surface area contributed by atoms with Gasteiger partial charge in [0.05, 0.1) is 31.8 Å². The SMILES string of the molecule is COc1ccc2c(/C=C/C(=O)c3cc(OC)c(OC)c([N+](=O)[O-])c3)cn(C)c2c1. The average Bonchev–Trinajstić information content (AvgIpc) is 3.05. The number of carbonyl (C=O) groups is 1. The summed E-state index contributed by atoms with van der Waals surface area (Å²) in [4.78, 5) is 23.4. The molecule has 0 saturated carbocycles. The van der Waals surface area contributed by atoms with E-state index < -0.39 is 4.92 Å². The Morgan fingerprint density at radius 2 is 1.86 bits per heavy atom. The number of hydrogen-bond donors (Lipinski definition) is 0. The van der Waals surface area contributed by atoms with Crippen LogP contribution in [0.4, 0.5) is 5.69 Å². The van der Waals surface area contributed by atoms with Crippen molar-refractivity contribution in [2.45, 2.75) is 0 Å². The number of methoxy groups -OCH3 is 3. The van der Waals surface area contributed by atoms with E-state index in [1.807, 2.05) is 36.0 Å². The Morgan fingerprint density at radius 3 is 2.48 bits per heavy atom. The number of aromatic nitrogens is 1. The highest BCUT2D eigenvalue weighted by molar-refractivity contribution is 6.08. The van der Waals surface area contributed by atoms with E-state index in [2.05, 4.69) is 0 Å². The second kappa shape index (κ2) is 8.05. The molecule has 0 aliphatic rings. The van der Waals surface area contributed by atoms with Crippen molar-refractivity contribution in [2.24, 2.45) is 7.05 Å². The van der Waals surface area contributed by atoms with Crippen LogP contribution in [0.15, 0.2) is 42.6 Å². The number of benzene rings is 2. The Labute approximate surface area is 167 Å². The molecule has 2 aromatic carbocycles. The van der Waals surface area contributed by atoms with Gasteiger partial charge in [0.15, 0.2) is 11.5 Å². The second-order valence-electron chi connectivity index (χ2n) is 6.26. The van der Waals surface area contributed by atoms with Crippen molar-refractivity contribution < 1.29 is 23.9 Å². The zero-order chi connectivity index (χ0) is 21.1. The Hall–Kier alpha value is -3.81. The molecule has 3 aromatic rings. The molecule has 0 spiro atoms. The highest BCUT2D eigenvalue weighted by Crippen LogP contribution is 2.38. The third kappa shape index (κ3) is 3.77. The molecular weight excluding hydrogens is 376 g/mol. The van der Waals surface area contributed by atoms with Gasteiger partial charge in [0.25, 0.3) is 0 Å². The van der Waals surface area contributed by atoms with Gasteiger partial charge in [-0.3, -0.25) is 14.9 Å². The topological polar surface area (TPSA) is 92.8 Å². The molecule has 3 rings (SSSR count). The molecule has 0 aliphatic heterocycles. The number of nitro groups is 1. The smallest absolute Gasteiger partial charge is 0.315 e. The Kier molecular flexibility index (Phi) is 5.54. The number of hydrogen-bond acceptors (Lipinski definition) is 6. The maximum absolute atomic E-state index is 12.7. The van der Waals surface area contributed by atoms with Crippen LogP contribution in [0.2, 0.25) is 0 Å². The van der Waals surface area contributed by atoms with Crippen molar-refractivity contribution in [1.82, 2.24) is 4.57 Å². The number of fused-ring (bicyclic) bond motifs is 1. The largest absolute Gasteiger partial charge is 0.497 e. The van der Waals surface area contributed by atoms with Gasteiger partial charge < -0.3 is 18.8 Å². The van der Waals surface area contributed by atoms with Gasteiger partial charge in [-0.15, -0.1) is 0 Å². The molecule has 1 heterocycles. The van der Waals surface area contributed by atoms with Gasteiger partial charge in [-0.25, -0.2) is 0 Å². The van der Waals surface area contributed by atoms with Gasteiger partial charge >= 0.3 is 5.69 Å². The monoisotopic (exact) mass is 396 g/mol. The van der Waals surface area contributed by atoms with E-state index in [1.165, 1.54) is 32.4 Å². The number of carbonyl (C=O) groups excluding carboxylic acids is 1. The lowest BCUT2D eigenvalue weighted by Gasteiger charge is -2.09. The standard InChI is InChI=1S/C21H20N2O6/c1-22-12-13(16-7-6-15(27-2)11-17(16)22)5-8-19(24)14-9-18(23(25)26)21(29-4)20(10-14)28-3/h5-12H,1-4H3/b8-5+. The summed E-state index contributed by atoms with van der Waals surface area (Å²) in [6.07, 6.45) is 4.95.